The van der Waals surface area contributed by atoms with Gasteiger partial charge in [-0.1, -0.05) is 24.3 Å². The number of anilines is 1. The van der Waals surface area contributed by atoms with Crippen molar-refractivity contribution in [2.75, 3.05) is 25.6 Å². The van der Waals surface area contributed by atoms with E-state index < -0.39 is 23.7 Å². The number of carbonyl (C=O) groups excluding carboxylic acids is 2. The second-order valence-electron chi connectivity index (χ2n) is 15.5. The van der Waals surface area contributed by atoms with E-state index in [-0.39, 0.29) is 24.0 Å². The van der Waals surface area contributed by atoms with Gasteiger partial charge in [-0.3, -0.25) is 15.0 Å². The standard InChI is InChI=1S/C44H46FN7O5S/c1-6-56-42(53)37-36(34-23-26-20-21-46-41(39(26)58-34)50-30-19-17-29-28(30)9-7-11-33(29)55-5)35(40-47-24-48-51-40)31(18-14-25-12-15-27(45)16-13-25)49-38(37)32-10-8-22-52(32)43(54)57-44(2,3)4/h7,9,11-13,15-16,20-21,23-24,30,32H,6,8,10,14,17-19,22H2,1-5H3,(H,46,50)(H,47,48,51)/t30?,32-/m0/s1. The van der Waals surface area contributed by atoms with Crippen molar-refractivity contribution in [3.05, 3.63) is 107 Å². The Hall–Kier alpha value is -5.89. The van der Waals surface area contributed by atoms with Crippen LogP contribution in [-0.2, 0) is 28.7 Å². The molecule has 2 aliphatic rings. The molecule has 14 heteroatoms. The van der Waals surface area contributed by atoms with Gasteiger partial charge >= 0.3 is 12.1 Å². The lowest BCUT2D eigenvalue weighted by atomic mass is 9.91. The molecule has 5 heterocycles. The number of pyridine rings is 2. The number of methoxy groups -OCH3 is 1. The molecule has 1 aliphatic heterocycles. The number of aryl methyl sites for hydroxylation is 2. The molecular weight excluding hydrogens is 758 g/mol. The normalized spacial score (nSPS) is 16.4. The number of esters is 1. The molecule has 0 saturated carbocycles. The molecule has 0 bridgehead atoms. The fourth-order valence-corrected chi connectivity index (χ4v) is 9.30. The Labute approximate surface area is 340 Å². The van der Waals surface area contributed by atoms with E-state index in [1.54, 1.807) is 37.3 Å². The van der Waals surface area contributed by atoms with Crippen molar-refractivity contribution in [1.82, 2.24) is 30.0 Å². The third-order valence-corrected chi connectivity index (χ3v) is 11.8. The molecule has 0 radical (unpaired) electrons. The lowest BCUT2D eigenvalue weighted by Crippen LogP contribution is -2.37. The number of ether oxygens (including phenoxy) is 3. The maximum atomic E-state index is 14.5. The first-order chi connectivity index (χ1) is 28.0. The van der Waals surface area contributed by atoms with Crippen LogP contribution in [0.3, 0.4) is 0 Å². The topological polar surface area (TPSA) is 144 Å². The zero-order valence-electron chi connectivity index (χ0n) is 33.2. The van der Waals surface area contributed by atoms with Crippen LogP contribution in [0.2, 0.25) is 0 Å². The van der Waals surface area contributed by atoms with Crippen molar-refractivity contribution in [3.8, 4) is 27.6 Å². The van der Waals surface area contributed by atoms with Gasteiger partial charge in [-0.25, -0.2) is 23.9 Å². The average molecular weight is 804 g/mol. The van der Waals surface area contributed by atoms with Gasteiger partial charge in [-0.15, -0.1) is 11.3 Å². The number of nitrogens with one attached hydrogen (secondary N) is 2. The number of thiophene rings is 1. The Morgan fingerprint density at radius 3 is 2.62 bits per heavy atom. The SMILES string of the molecule is CCOC(=O)c1c([C@@H]2CCCN2C(=O)OC(C)(C)C)nc(CCc2ccc(F)cc2)c(-c2ncn[nH]2)c1-c1cc2ccnc(NC3CCc4c(OC)cccc43)c2s1. The molecule has 2 N–H and O–H groups in total. The number of hydrogen-bond acceptors (Lipinski definition) is 11. The Kier molecular flexibility index (Phi) is 10.9. The number of benzene rings is 2. The molecule has 1 amide bonds. The summed E-state index contributed by atoms with van der Waals surface area (Å²) in [4.78, 5) is 45.5. The van der Waals surface area contributed by atoms with Crippen LogP contribution in [0, 0.1) is 5.82 Å². The second-order valence-corrected chi connectivity index (χ2v) is 16.6. The summed E-state index contributed by atoms with van der Waals surface area (Å²) in [5, 5.41) is 11.9. The van der Waals surface area contributed by atoms with Crippen molar-refractivity contribution in [2.24, 2.45) is 0 Å². The molecular formula is C44H46FN7O5S. The highest BCUT2D eigenvalue weighted by atomic mass is 32.1. The summed E-state index contributed by atoms with van der Waals surface area (Å²) in [5.41, 5.74) is 5.06. The summed E-state index contributed by atoms with van der Waals surface area (Å²) in [6.45, 7) is 7.82. The van der Waals surface area contributed by atoms with Crippen molar-refractivity contribution in [3.63, 3.8) is 0 Å². The lowest BCUT2D eigenvalue weighted by Gasteiger charge is -2.30. The number of nitrogens with zero attached hydrogens (tertiary/aromatic N) is 5. The molecule has 4 aromatic heterocycles. The van der Waals surface area contributed by atoms with Crippen LogP contribution in [0.5, 0.6) is 5.75 Å². The molecule has 2 aromatic carbocycles. The number of aromatic amines is 1. The van der Waals surface area contributed by atoms with E-state index in [0.29, 0.717) is 60.6 Å². The second kappa shape index (κ2) is 16.2. The number of likely N-dealkylation sites (tertiary alicyclic amines) is 1. The third kappa shape index (κ3) is 7.72. The summed E-state index contributed by atoms with van der Waals surface area (Å²) >= 11 is 1.51. The predicted molar refractivity (Wildman–Crippen MR) is 221 cm³/mol. The average Bonchev–Trinajstić information content (AvgIpc) is 4.04. The minimum absolute atomic E-state index is 0.0281. The molecule has 12 nitrogen and oxygen atoms in total. The van der Waals surface area contributed by atoms with Crippen LogP contribution < -0.4 is 10.1 Å². The van der Waals surface area contributed by atoms with E-state index in [1.165, 1.54) is 40.9 Å². The Morgan fingerprint density at radius 2 is 1.88 bits per heavy atom. The summed E-state index contributed by atoms with van der Waals surface area (Å²) in [6, 6.07) is 16.0. The first-order valence-electron chi connectivity index (χ1n) is 19.7. The minimum atomic E-state index is -0.729. The van der Waals surface area contributed by atoms with Crippen molar-refractivity contribution < 1.29 is 28.2 Å². The number of carbonyl (C=O) groups is 2. The van der Waals surface area contributed by atoms with E-state index in [0.717, 1.165) is 44.9 Å². The van der Waals surface area contributed by atoms with E-state index in [4.69, 9.17) is 24.2 Å². The van der Waals surface area contributed by atoms with Gasteiger partial charge in [0.1, 0.15) is 29.3 Å². The highest BCUT2D eigenvalue weighted by Crippen LogP contribution is 2.48. The van der Waals surface area contributed by atoms with Gasteiger partial charge in [0.05, 0.1) is 47.5 Å². The van der Waals surface area contributed by atoms with Gasteiger partial charge in [0.25, 0.3) is 0 Å². The number of amides is 1. The Balaban J connectivity index is 1.33. The first-order valence-corrected chi connectivity index (χ1v) is 20.5. The number of H-pyrrole nitrogens is 1. The van der Waals surface area contributed by atoms with E-state index in [1.807, 2.05) is 39.0 Å². The zero-order valence-corrected chi connectivity index (χ0v) is 34.0. The summed E-state index contributed by atoms with van der Waals surface area (Å²) < 4.78 is 32.2. The van der Waals surface area contributed by atoms with Crippen LogP contribution in [0.15, 0.2) is 67.1 Å². The monoisotopic (exact) mass is 803 g/mol. The highest BCUT2D eigenvalue weighted by Gasteiger charge is 2.40. The molecule has 0 spiro atoms. The Bertz CT molecular complexity index is 2460. The van der Waals surface area contributed by atoms with Crippen molar-refractivity contribution in [1.29, 1.82) is 0 Å². The highest BCUT2D eigenvalue weighted by molar-refractivity contribution is 7.23. The van der Waals surface area contributed by atoms with Crippen molar-refractivity contribution >= 4 is 39.3 Å². The molecule has 1 fully saturated rings. The molecule has 2 atom stereocenters. The van der Waals surface area contributed by atoms with Crippen LogP contribution in [0.1, 0.15) is 97.5 Å². The first kappa shape index (κ1) is 39.0. The molecule has 1 unspecified atom stereocenters. The largest absolute Gasteiger partial charge is 0.496 e. The van der Waals surface area contributed by atoms with Gasteiger partial charge in [0.15, 0.2) is 5.82 Å². The zero-order chi connectivity index (χ0) is 40.6. The van der Waals surface area contributed by atoms with Crippen LogP contribution in [0.25, 0.3) is 31.9 Å². The fourth-order valence-electron chi connectivity index (χ4n) is 8.14. The maximum absolute atomic E-state index is 14.5. The number of fused-ring (bicyclic) bond motifs is 2. The van der Waals surface area contributed by atoms with E-state index >= 15 is 0 Å². The summed E-state index contributed by atoms with van der Waals surface area (Å²) in [7, 11) is 1.70. The molecule has 8 rings (SSSR count). The summed E-state index contributed by atoms with van der Waals surface area (Å²) in [6.07, 6.45) is 6.69. The third-order valence-electron chi connectivity index (χ3n) is 10.6. The quantitative estimate of drug-likeness (QED) is 0.122. The number of halogens is 1. The Morgan fingerprint density at radius 1 is 1.05 bits per heavy atom. The van der Waals surface area contributed by atoms with Gasteiger partial charge in [-0.2, -0.15) is 5.10 Å². The molecule has 6 aromatic rings. The van der Waals surface area contributed by atoms with Crippen molar-refractivity contribution in [2.45, 2.75) is 83.9 Å². The van der Waals surface area contributed by atoms with Gasteiger partial charge in [-0.05, 0) is 119 Å². The lowest BCUT2D eigenvalue weighted by molar-refractivity contribution is 0.0217. The molecule has 58 heavy (non-hydrogen) atoms. The maximum Gasteiger partial charge on any atom is 0.410 e. The molecule has 1 saturated heterocycles. The fraction of sp³-hybridized carbons (Fsp3) is 0.364. The minimum Gasteiger partial charge on any atom is -0.496 e. The summed E-state index contributed by atoms with van der Waals surface area (Å²) in [5.74, 6) is 1.16. The molecule has 1 aliphatic carbocycles. The van der Waals surface area contributed by atoms with Crippen LogP contribution in [-0.4, -0.2) is 68.0 Å². The number of aromatic nitrogens is 5. The smallest absolute Gasteiger partial charge is 0.410 e. The van der Waals surface area contributed by atoms with E-state index in [2.05, 4.69) is 32.6 Å². The van der Waals surface area contributed by atoms with Gasteiger partial charge in [0, 0.05) is 28.7 Å². The van der Waals surface area contributed by atoms with Gasteiger partial charge in [0.2, 0.25) is 0 Å². The van der Waals surface area contributed by atoms with E-state index in [9.17, 15) is 14.0 Å². The van der Waals surface area contributed by atoms with Crippen LogP contribution in [0.4, 0.5) is 15.0 Å². The van der Waals surface area contributed by atoms with Gasteiger partial charge < -0.3 is 19.5 Å². The van der Waals surface area contributed by atoms with Crippen LogP contribution >= 0.6 is 11.3 Å². The number of rotatable bonds is 11. The predicted octanol–water partition coefficient (Wildman–Crippen LogP) is 9.42. The molecule has 300 valence electrons. The number of hydrogen-bond donors (Lipinski definition) is 2.